The molecule has 0 saturated heterocycles. The maximum atomic E-state index is 14.5. The summed E-state index contributed by atoms with van der Waals surface area (Å²) in [5.41, 5.74) is 0.172. The summed E-state index contributed by atoms with van der Waals surface area (Å²) >= 11 is 0. The first-order chi connectivity index (χ1) is 11.4. The molecule has 0 heterocycles. The molecule has 0 N–H and O–H groups in total. The van der Waals surface area contributed by atoms with Crippen LogP contribution in [-0.2, 0) is 6.42 Å². The average molecular weight is 344 g/mol. The van der Waals surface area contributed by atoms with E-state index in [2.05, 4.69) is 4.74 Å². The normalized spacial score (nSPS) is 19.2. The van der Waals surface area contributed by atoms with Crippen LogP contribution in [0.3, 0.4) is 0 Å². The third-order valence-corrected chi connectivity index (χ3v) is 4.60. The van der Waals surface area contributed by atoms with Crippen molar-refractivity contribution in [2.24, 2.45) is 5.92 Å². The summed E-state index contributed by atoms with van der Waals surface area (Å²) in [6.07, 6.45) is 4.86. The number of hydrogen-bond acceptors (Lipinski definition) is 2. The Kier molecular flexibility index (Phi) is 5.01. The van der Waals surface area contributed by atoms with Gasteiger partial charge in [0.25, 0.3) is 0 Å². The van der Waals surface area contributed by atoms with Gasteiger partial charge in [0.2, 0.25) is 5.75 Å². The minimum Gasteiger partial charge on any atom is -0.486 e. The predicted molar refractivity (Wildman–Crippen MR) is 81.5 cm³/mol. The molecular weight excluding hydrogens is 324 g/mol. The standard InChI is InChI=1S/C18H20F4O2/c19-16-13(7-2-6-12-4-1-5-12)10-11-15(23-14-8-3-9-14)17(16)24-18(20,21)22/h2,6,10-12,14H,1,3-5,7-9H2/b6-2+. The summed E-state index contributed by atoms with van der Waals surface area (Å²) in [6.45, 7) is 0. The third-order valence-electron chi connectivity index (χ3n) is 4.60. The minimum absolute atomic E-state index is 0.163. The average Bonchev–Trinajstić information content (AvgIpc) is 2.40. The Bertz CT molecular complexity index is 602. The van der Waals surface area contributed by atoms with Gasteiger partial charge in [-0.1, -0.05) is 24.6 Å². The van der Waals surface area contributed by atoms with Crippen molar-refractivity contribution in [3.8, 4) is 11.5 Å². The topological polar surface area (TPSA) is 18.5 Å². The van der Waals surface area contributed by atoms with E-state index in [1.54, 1.807) is 0 Å². The van der Waals surface area contributed by atoms with Crippen LogP contribution in [0.5, 0.6) is 11.5 Å². The van der Waals surface area contributed by atoms with E-state index >= 15 is 0 Å². The van der Waals surface area contributed by atoms with Gasteiger partial charge in [0.05, 0.1) is 6.10 Å². The summed E-state index contributed by atoms with van der Waals surface area (Å²) in [4.78, 5) is 0. The first-order valence-corrected chi connectivity index (χ1v) is 8.33. The van der Waals surface area contributed by atoms with Crippen LogP contribution in [0.2, 0.25) is 0 Å². The highest BCUT2D eigenvalue weighted by Crippen LogP contribution is 2.39. The molecule has 2 fully saturated rings. The number of halogens is 4. The lowest BCUT2D eigenvalue weighted by molar-refractivity contribution is -0.276. The predicted octanol–water partition coefficient (Wildman–Crippen LogP) is 5.55. The van der Waals surface area contributed by atoms with E-state index in [-0.39, 0.29) is 23.8 Å². The lowest BCUT2D eigenvalue weighted by Gasteiger charge is -2.27. The molecule has 0 bridgehead atoms. The first-order valence-electron chi connectivity index (χ1n) is 8.33. The highest BCUT2D eigenvalue weighted by molar-refractivity contribution is 5.45. The molecular formula is C18H20F4O2. The van der Waals surface area contributed by atoms with Gasteiger partial charge in [0.1, 0.15) is 0 Å². The number of rotatable bonds is 6. The lowest BCUT2D eigenvalue weighted by atomic mass is 9.85. The van der Waals surface area contributed by atoms with Gasteiger partial charge in [-0.3, -0.25) is 0 Å². The molecule has 1 aromatic rings. The molecule has 3 rings (SSSR count). The molecule has 0 atom stereocenters. The second-order valence-corrected chi connectivity index (χ2v) is 6.41. The van der Waals surface area contributed by atoms with Crippen LogP contribution >= 0.6 is 0 Å². The zero-order chi connectivity index (χ0) is 17.2. The SMILES string of the molecule is Fc1c(C/C=C/C2CCC2)ccc(OC2CCC2)c1OC(F)(F)F. The molecule has 2 nitrogen and oxygen atoms in total. The molecule has 6 heteroatoms. The van der Waals surface area contributed by atoms with Gasteiger partial charge in [0.15, 0.2) is 11.6 Å². The summed E-state index contributed by atoms with van der Waals surface area (Å²) in [5.74, 6) is -1.52. The van der Waals surface area contributed by atoms with Crippen molar-refractivity contribution in [1.82, 2.24) is 0 Å². The van der Waals surface area contributed by atoms with Gasteiger partial charge in [-0.25, -0.2) is 4.39 Å². The van der Waals surface area contributed by atoms with Crippen LogP contribution < -0.4 is 9.47 Å². The van der Waals surface area contributed by atoms with Gasteiger partial charge < -0.3 is 9.47 Å². The Hall–Kier alpha value is -1.72. The number of allylic oxidation sites excluding steroid dienone is 2. The fraction of sp³-hybridized carbons (Fsp3) is 0.556. The van der Waals surface area contributed by atoms with E-state index in [4.69, 9.17) is 4.74 Å². The molecule has 132 valence electrons. The van der Waals surface area contributed by atoms with Crippen molar-refractivity contribution in [3.63, 3.8) is 0 Å². The smallest absolute Gasteiger partial charge is 0.486 e. The highest BCUT2D eigenvalue weighted by atomic mass is 19.4. The second kappa shape index (κ2) is 7.03. The van der Waals surface area contributed by atoms with Crippen molar-refractivity contribution in [1.29, 1.82) is 0 Å². The monoisotopic (exact) mass is 344 g/mol. The van der Waals surface area contributed by atoms with Crippen LogP contribution in [0, 0.1) is 11.7 Å². The molecule has 2 aliphatic carbocycles. The number of hydrogen-bond donors (Lipinski definition) is 0. The largest absolute Gasteiger partial charge is 0.573 e. The maximum absolute atomic E-state index is 14.5. The zero-order valence-corrected chi connectivity index (χ0v) is 13.2. The molecule has 2 saturated carbocycles. The number of alkyl halides is 3. The van der Waals surface area contributed by atoms with Crippen LogP contribution in [-0.4, -0.2) is 12.5 Å². The molecule has 2 aliphatic rings. The zero-order valence-electron chi connectivity index (χ0n) is 13.2. The Morgan fingerprint density at radius 1 is 1.08 bits per heavy atom. The third kappa shape index (κ3) is 4.22. The molecule has 0 unspecified atom stereocenters. The van der Waals surface area contributed by atoms with E-state index in [0.717, 1.165) is 32.1 Å². The summed E-state index contributed by atoms with van der Waals surface area (Å²) < 4.78 is 61.7. The van der Waals surface area contributed by atoms with Gasteiger partial charge >= 0.3 is 6.36 Å². The highest BCUT2D eigenvalue weighted by Gasteiger charge is 2.35. The van der Waals surface area contributed by atoms with E-state index < -0.39 is 17.9 Å². The summed E-state index contributed by atoms with van der Waals surface area (Å²) in [6, 6.07) is 2.84. The van der Waals surface area contributed by atoms with Crippen molar-refractivity contribution in [2.75, 3.05) is 0 Å². The molecule has 0 aliphatic heterocycles. The Morgan fingerprint density at radius 2 is 1.79 bits per heavy atom. The second-order valence-electron chi connectivity index (χ2n) is 6.41. The molecule has 0 amide bonds. The van der Waals surface area contributed by atoms with Crippen molar-refractivity contribution in [2.45, 2.75) is 57.4 Å². The number of ether oxygens (including phenoxy) is 2. The maximum Gasteiger partial charge on any atom is 0.573 e. The van der Waals surface area contributed by atoms with Gasteiger partial charge in [-0.15, -0.1) is 13.2 Å². The van der Waals surface area contributed by atoms with E-state index in [9.17, 15) is 17.6 Å². The Morgan fingerprint density at radius 3 is 2.33 bits per heavy atom. The summed E-state index contributed by atoms with van der Waals surface area (Å²) in [7, 11) is 0. The van der Waals surface area contributed by atoms with Crippen molar-refractivity contribution < 1.29 is 27.0 Å². The summed E-state index contributed by atoms with van der Waals surface area (Å²) in [5, 5.41) is 0. The molecule has 1 aromatic carbocycles. The Balaban J connectivity index is 1.78. The molecule has 24 heavy (non-hydrogen) atoms. The van der Waals surface area contributed by atoms with Crippen LogP contribution in [0.4, 0.5) is 17.6 Å². The fourth-order valence-corrected chi connectivity index (χ4v) is 2.73. The van der Waals surface area contributed by atoms with Crippen molar-refractivity contribution >= 4 is 0 Å². The quantitative estimate of drug-likeness (QED) is 0.497. The van der Waals surface area contributed by atoms with Gasteiger partial charge in [-0.2, -0.15) is 0 Å². The molecule has 0 spiro atoms. The van der Waals surface area contributed by atoms with Crippen LogP contribution in [0.25, 0.3) is 0 Å². The van der Waals surface area contributed by atoms with Crippen molar-refractivity contribution in [3.05, 3.63) is 35.7 Å². The van der Waals surface area contributed by atoms with Crippen LogP contribution in [0.1, 0.15) is 44.1 Å². The van der Waals surface area contributed by atoms with E-state index in [1.165, 1.54) is 18.6 Å². The molecule has 0 radical (unpaired) electrons. The van der Waals surface area contributed by atoms with Gasteiger partial charge in [-0.05, 0) is 56.1 Å². The lowest BCUT2D eigenvalue weighted by Crippen LogP contribution is -2.26. The van der Waals surface area contributed by atoms with Crippen LogP contribution in [0.15, 0.2) is 24.3 Å². The minimum atomic E-state index is -4.96. The molecule has 0 aromatic heterocycles. The van der Waals surface area contributed by atoms with E-state index in [1.807, 2.05) is 12.2 Å². The Labute approximate surface area is 138 Å². The van der Waals surface area contributed by atoms with E-state index in [0.29, 0.717) is 5.92 Å². The first kappa shape index (κ1) is 17.1. The fourth-order valence-electron chi connectivity index (χ4n) is 2.73. The number of benzene rings is 1. The van der Waals surface area contributed by atoms with Gasteiger partial charge in [0, 0.05) is 0 Å².